The summed E-state index contributed by atoms with van der Waals surface area (Å²) >= 11 is 0. The van der Waals surface area contributed by atoms with Gasteiger partial charge in [-0.3, -0.25) is 9.59 Å². The zero-order valence-corrected chi connectivity index (χ0v) is 11.7. The number of rotatable bonds is 2. The Morgan fingerprint density at radius 3 is 2.90 bits per heavy atom. The smallest absolute Gasteiger partial charge is 0.234 e. The van der Waals surface area contributed by atoms with Crippen molar-refractivity contribution in [1.29, 1.82) is 0 Å². The maximum Gasteiger partial charge on any atom is 0.234 e. The molecule has 0 aromatic heterocycles. The lowest BCUT2D eigenvalue weighted by Crippen LogP contribution is -2.61. The standard InChI is InChI=1S/C15H17NO4/c1-8(17)12-10-7-15(2,16-14(12)18)20-13-9(10)5-4-6-11(13)19-3/h4-6,10,12H,7H2,1-3H3,(H,16,18). The van der Waals surface area contributed by atoms with Crippen molar-refractivity contribution >= 4 is 11.7 Å². The Balaban J connectivity index is 2.17. The third-order valence-electron chi connectivity index (χ3n) is 4.08. The molecule has 1 amide bonds. The molecule has 3 unspecified atom stereocenters. The van der Waals surface area contributed by atoms with E-state index < -0.39 is 11.6 Å². The molecule has 0 saturated carbocycles. The van der Waals surface area contributed by atoms with E-state index in [0.717, 1.165) is 5.56 Å². The SMILES string of the molecule is COc1cccc2c1OC1(C)CC2C(C(C)=O)C(=O)N1. The molecule has 0 radical (unpaired) electrons. The summed E-state index contributed by atoms with van der Waals surface area (Å²) in [5.41, 5.74) is 0.0897. The second-order valence-corrected chi connectivity index (χ2v) is 5.60. The summed E-state index contributed by atoms with van der Waals surface area (Å²) in [6, 6.07) is 5.57. The van der Waals surface area contributed by atoms with Crippen molar-refractivity contribution in [2.75, 3.05) is 7.11 Å². The molecule has 5 nitrogen and oxygen atoms in total. The number of para-hydroxylation sites is 1. The third kappa shape index (κ3) is 1.77. The molecule has 0 aliphatic carbocycles. The zero-order valence-electron chi connectivity index (χ0n) is 11.7. The van der Waals surface area contributed by atoms with E-state index in [2.05, 4.69) is 5.32 Å². The highest BCUT2D eigenvalue weighted by molar-refractivity contribution is 6.02. The predicted octanol–water partition coefficient (Wildman–Crippen LogP) is 1.61. The van der Waals surface area contributed by atoms with Crippen LogP contribution in [-0.4, -0.2) is 24.5 Å². The average Bonchev–Trinajstić information content (AvgIpc) is 2.36. The van der Waals surface area contributed by atoms with Crippen LogP contribution in [-0.2, 0) is 9.59 Å². The maximum absolute atomic E-state index is 12.2. The maximum atomic E-state index is 12.2. The molecule has 5 heteroatoms. The number of fused-ring (bicyclic) bond motifs is 4. The fraction of sp³-hybridized carbons (Fsp3) is 0.467. The first kappa shape index (κ1) is 13.0. The molecule has 3 atom stereocenters. The summed E-state index contributed by atoms with van der Waals surface area (Å²) in [4.78, 5) is 24.0. The average molecular weight is 275 g/mol. The monoisotopic (exact) mass is 275 g/mol. The summed E-state index contributed by atoms with van der Waals surface area (Å²) in [7, 11) is 1.58. The number of carbonyl (C=O) groups excluding carboxylic acids is 2. The lowest BCUT2D eigenvalue weighted by molar-refractivity contribution is -0.145. The van der Waals surface area contributed by atoms with Crippen LogP contribution in [0.1, 0.15) is 31.7 Å². The number of methoxy groups -OCH3 is 1. The summed E-state index contributed by atoms with van der Waals surface area (Å²) in [5, 5.41) is 2.81. The van der Waals surface area contributed by atoms with Crippen LogP contribution in [0.25, 0.3) is 0 Å². The van der Waals surface area contributed by atoms with Gasteiger partial charge in [0.15, 0.2) is 17.2 Å². The zero-order chi connectivity index (χ0) is 14.5. The van der Waals surface area contributed by atoms with Gasteiger partial charge in [-0.1, -0.05) is 12.1 Å². The van der Waals surface area contributed by atoms with E-state index in [1.807, 2.05) is 25.1 Å². The number of ether oxygens (including phenoxy) is 2. The summed E-state index contributed by atoms with van der Waals surface area (Å²) in [5.74, 6) is 0.0507. The molecule has 2 aliphatic rings. The van der Waals surface area contributed by atoms with E-state index in [4.69, 9.17) is 9.47 Å². The van der Waals surface area contributed by atoms with Gasteiger partial charge in [0.2, 0.25) is 5.91 Å². The molecule has 2 aliphatic heterocycles. The van der Waals surface area contributed by atoms with Crippen LogP contribution in [0.5, 0.6) is 11.5 Å². The van der Waals surface area contributed by atoms with Crippen LogP contribution in [0.2, 0.25) is 0 Å². The highest BCUT2D eigenvalue weighted by Gasteiger charge is 2.51. The number of piperidine rings is 1. The quantitative estimate of drug-likeness (QED) is 0.833. The van der Waals surface area contributed by atoms with E-state index in [0.29, 0.717) is 17.9 Å². The first-order chi connectivity index (χ1) is 9.45. The summed E-state index contributed by atoms with van der Waals surface area (Å²) in [6.07, 6.45) is 0.586. The lowest BCUT2D eigenvalue weighted by Gasteiger charge is -2.46. The highest BCUT2D eigenvalue weighted by Crippen LogP contribution is 2.50. The van der Waals surface area contributed by atoms with Gasteiger partial charge in [0.05, 0.1) is 7.11 Å². The minimum atomic E-state index is -0.782. The number of hydrogen-bond donors (Lipinski definition) is 1. The Kier molecular flexibility index (Phi) is 2.74. The van der Waals surface area contributed by atoms with Gasteiger partial charge in [-0.2, -0.15) is 0 Å². The van der Waals surface area contributed by atoms with E-state index in [1.165, 1.54) is 6.92 Å². The van der Waals surface area contributed by atoms with Crippen LogP contribution < -0.4 is 14.8 Å². The van der Waals surface area contributed by atoms with Crippen LogP contribution >= 0.6 is 0 Å². The highest BCUT2D eigenvalue weighted by atomic mass is 16.5. The van der Waals surface area contributed by atoms with Crippen molar-refractivity contribution in [2.45, 2.75) is 31.9 Å². The molecule has 1 aromatic carbocycles. The minimum absolute atomic E-state index is 0.120. The molecule has 3 rings (SSSR count). The molecule has 1 saturated heterocycles. The van der Waals surface area contributed by atoms with Crippen molar-refractivity contribution in [3.63, 3.8) is 0 Å². The van der Waals surface area contributed by atoms with Gasteiger partial charge < -0.3 is 14.8 Å². The van der Waals surface area contributed by atoms with Crippen LogP contribution in [0.4, 0.5) is 0 Å². The van der Waals surface area contributed by atoms with Crippen molar-refractivity contribution in [3.05, 3.63) is 23.8 Å². The Hall–Kier alpha value is -2.04. The van der Waals surface area contributed by atoms with Gasteiger partial charge in [0.1, 0.15) is 11.7 Å². The van der Waals surface area contributed by atoms with Crippen molar-refractivity contribution in [2.24, 2.45) is 5.92 Å². The van der Waals surface area contributed by atoms with E-state index in [1.54, 1.807) is 7.11 Å². The van der Waals surface area contributed by atoms with Gasteiger partial charge in [0.25, 0.3) is 0 Å². The molecule has 106 valence electrons. The van der Waals surface area contributed by atoms with Crippen molar-refractivity contribution in [3.8, 4) is 11.5 Å². The summed E-state index contributed by atoms with van der Waals surface area (Å²) in [6.45, 7) is 3.28. The topological polar surface area (TPSA) is 64.6 Å². The van der Waals surface area contributed by atoms with Crippen LogP contribution in [0, 0.1) is 5.92 Å². The number of nitrogens with one attached hydrogen (secondary N) is 1. The van der Waals surface area contributed by atoms with Gasteiger partial charge in [-0.25, -0.2) is 0 Å². The fourth-order valence-corrected chi connectivity index (χ4v) is 3.25. The minimum Gasteiger partial charge on any atom is -0.493 e. The second kappa shape index (κ2) is 4.23. The van der Waals surface area contributed by atoms with Crippen molar-refractivity contribution in [1.82, 2.24) is 5.32 Å². The van der Waals surface area contributed by atoms with Gasteiger partial charge in [-0.05, 0) is 19.9 Å². The van der Waals surface area contributed by atoms with Crippen LogP contribution in [0.3, 0.4) is 0 Å². The largest absolute Gasteiger partial charge is 0.493 e. The number of Topliss-reactive ketones (excluding diaryl/α,β-unsaturated/α-hetero) is 1. The van der Waals surface area contributed by atoms with Gasteiger partial charge >= 0.3 is 0 Å². The molecule has 0 spiro atoms. The molecule has 20 heavy (non-hydrogen) atoms. The Morgan fingerprint density at radius 1 is 1.50 bits per heavy atom. The Morgan fingerprint density at radius 2 is 2.25 bits per heavy atom. The lowest BCUT2D eigenvalue weighted by atomic mass is 9.73. The van der Waals surface area contributed by atoms with E-state index in [-0.39, 0.29) is 17.6 Å². The second-order valence-electron chi connectivity index (χ2n) is 5.60. The number of ketones is 1. The predicted molar refractivity (Wildman–Crippen MR) is 71.7 cm³/mol. The first-order valence-electron chi connectivity index (χ1n) is 6.63. The molecule has 2 heterocycles. The van der Waals surface area contributed by atoms with E-state index >= 15 is 0 Å². The van der Waals surface area contributed by atoms with Crippen LogP contribution in [0.15, 0.2) is 18.2 Å². The number of amides is 1. The molecule has 1 aromatic rings. The third-order valence-corrected chi connectivity index (χ3v) is 4.08. The number of hydrogen-bond acceptors (Lipinski definition) is 4. The normalized spacial score (nSPS) is 30.9. The summed E-state index contributed by atoms with van der Waals surface area (Å²) < 4.78 is 11.3. The van der Waals surface area contributed by atoms with Gasteiger partial charge in [0, 0.05) is 17.9 Å². The van der Waals surface area contributed by atoms with Gasteiger partial charge in [-0.15, -0.1) is 0 Å². The first-order valence-corrected chi connectivity index (χ1v) is 6.63. The molecule has 1 N–H and O–H groups in total. The Bertz CT molecular complexity index is 598. The number of benzene rings is 1. The molecular formula is C15H17NO4. The molecule has 2 bridgehead atoms. The van der Waals surface area contributed by atoms with Crippen molar-refractivity contribution < 1.29 is 19.1 Å². The fourth-order valence-electron chi connectivity index (χ4n) is 3.25. The Labute approximate surface area is 117 Å². The molecule has 1 fully saturated rings. The molecular weight excluding hydrogens is 258 g/mol. The number of carbonyl (C=O) groups is 2. The van der Waals surface area contributed by atoms with E-state index in [9.17, 15) is 9.59 Å².